The summed E-state index contributed by atoms with van der Waals surface area (Å²) < 4.78 is 44.4. The molecule has 216 valence electrons. The first-order chi connectivity index (χ1) is 18.6. The van der Waals surface area contributed by atoms with Crippen molar-refractivity contribution >= 4 is 16.1 Å². The molecule has 3 N–H and O–H groups in total. The van der Waals surface area contributed by atoms with Crippen molar-refractivity contribution < 1.29 is 37.6 Å². The summed E-state index contributed by atoms with van der Waals surface area (Å²) >= 11 is 0. The number of carbonyl (C=O) groups is 1. The predicted octanol–water partition coefficient (Wildman–Crippen LogP) is 2.58. The number of sulfonamides is 1. The molecule has 1 amide bonds. The molecule has 3 rings (SSSR count). The van der Waals surface area contributed by atoms with E-state index in [9.17, 15) is 23.4 Å². The Balaban J connectivity index is 1.80. The van der Waals surface area contributed by atoms with E-state index < -0.39 is 40.5 Å². The van der Waals surface area contributed by atoms with Crippen molar-refractivity contribution in [2.45, 2.75) is 62.4 Å². The minimum absolute atomic E-state index is 0.0209. The minimum Gasteiger partial charge on any atom is -0.497 e. The Morgan fingerprint density at radius 2 is 1.82 bits per heavy atom. The number of rotatable bonds is 12. The number of nitrogens with zero attached hydrogens (tertiary/aromatic N) is 1. The van der Waals surface area contributed by atoms with Gasteiger partial charge in [-0.3, -0.25) is 0 Å². The highest BCUT2D eigenvalue weighted by molar-refractivity contribution is 7.89. The van der Waals surface area contributed by atoms with Crippen LogP contribution >= 0.6 is 0 Å². The highest BCUT2D eigenvalue weighted by Crippen LogP contribution is 2.22. The Kier molecular flexibility index (Phi) is 11.6. The fourth-order valence-electron chi connectivity index (χ4n) is 4.39. The first-order valence-electron chi connectivity index (χ1n) is 13.2. The number of alkyl carbamates (subject to hydrolysis) is 1. The molecule has 1 fully saturated rings. The van der Waals surface area contributed by atoms with Gasteiger partial charge in [0.2, 0.25) is 10.0 Å². The third-order valence-electron chi connectivity index (χ3n) is 6.48. The van der Waals surface area contributed by atoms with Crippen LogP contribution in [0.15, 0.2) is 59.5 Å². The maximum absolute atomic E-state index is 13.6. The van der Waals surface area contributed by atoms with E-state index in [1.807, 2.05) is 44.2 Å². The Labute approximate surface area is 230 Å². The molecule has 0 spiro atoms. The van der Waals surface area contributed by atoms with E-state index in [0.717, 1.165) is 5.56 Å². The summed E-state index contributed by atoms with van der Waals surface area (Å²) in [5.74, 6) is 0.506. The zero-order valence-electron chi connectivity index (χ0n) is 22.7. The van der Waals surface area contributed by atoms with Gasteiger partial charge < -0.3 is 29.7 Å². The number of amides is 1. The van der Waals surface area contributed by atoms with Crippen molar-refractivity contribution in [3.05, 3.63) is 60.2 Å². The summed E-state index contributed by atoms with van der Waals surface area (Å²) in [6.45, 7) is 4.24. The average Bonchev–Trinajstić information content (AvgIpc) is 3.11. The lowest BCUT2D eigenvalue weighted by molar-refractivity contribution is -0.0311. The standard InChI is InChI=1S/C28H40N2O8S/c1-20(2)17-30(39(34,35)23-13-11-22(36-3)12-14-23)18-26(32)24(16-21-8-5-4-6-9-21)29-28(33)38-27-19-37-15-7-10-25(27)31/h4-6,8-9,11-14,20,24-27,31-32H,7,10,15-19H2,1-3H3,(H,29,33)/t24-,25?,26+,27?/m0/s1. The topological polar surface area (TPSA) is 135 Å². The number of carbonyl (C=O) groups excluding carboxylic acids is 1. The van der Waals surface area contributed by atoms with Crippen LogP contribution in [0, 0.1) is 5.92 Å². The lowest BCUT2D eigenvalue weighted by Gasteiger charge is -2.31. The van der Waals surface area contributed by atoms with Gasteiger partial charge >= 0.3 is 6.09 Å². The first kappa shape index (κ1) is 30.8. The molecule has 1 saturated heterocycles. The van der Waals surface area contributed by atoms with Crippen molar-refractivity contribution in [2.24, 2.45) is 5.92 Å². The van der Waals surface area contributed by atoms with Crippen LogP contribution in [0.2, 0.25) is 0 Å². The number of aliphatic hydroxyl groups is 2. The lowest BCUT2D eigenvalue weighted by atomic mass is 10.0. The van der Waals surface area contributed by atoms with Crippen molar-refractivity contribution in [1.29, 1.82) is 0 Å². The van der Waals surface area contributed by atoms with Crippen LogP contribution in [0.3, 0.4) is 0 Å². The molecule has 0 aliphatic carbocycles. The molecular formula is C28H40N2O8S. The van der Waals surface area contributed by atoms with Crippen molar-refractivity contribution in [2.75, 3.05) is 33.4 Å². The average molecular weight is 565 g/mol. The second kappa shape index (κ2) is 14.6. The van der Waals surface area contributed by atoms with Crippen LogP contribution in [0.4, 0.5) is 4.79 Å². The van der Waals surface area contributed by atoms with E-state index in [2.05, 4.69) is 5.32 Å². The van der Waals surface area contributed by atoms with Crippen molar-refractivity contribution in [3.8, 4) is 5.75 Å². The van der Waals surface area contributed by atoms with Gasteiger partial charge in [-0.15, -0.1) is 0 Å². The van der Waals surface area contributed by atoms with Gasteiger partial charge in [0, 0.05) is 19.7 Å². The molecular weight excluding hydrogens is 524 g/mol. The van der Waals surface area contributed by atoms with E-state index in [4.69, 9.17) is 14.2 Å². The summed E-state index contributed by atoms with van der Waals surface area (Å²) in [5.41, 5.74) is 0.841. The summed E-state index contributed by atoms with van der Waals surface area (Å²) in [6.07, 6.45) is -2.44. The Morgan fingerprint density at radius 1 is 1.13 bits per heavy atom. The maximum Gasteiger partial charge on any atom is 0.407 e. The molecule has 0 radical (unpaired) electrons. The van der Waals surface area contributed by atoms with Crippen LogP contribution < -0.4 is 10.1 Å². The van der Waals surface area contributed by atoms with Crippen molar-refractivity contribution in [3.63, 3.8) is 0 Å². The van der Waals surface area contributed by atoms with Gasteiger partial charge in [0.05, 0.1) is 36.9 Å². The summed E-state index contributed by atoms with van der Waals surface area (Å²) in [7, 11) is -2.46. The monoisotopic (exact) mass is 564 g/mol. The fourth-order valence-corrected chi connectivity index (χ4v) is 6.01. The maximum atomic E-state index is 13.6. The van der Waals surface area contributed by atoms with Gasteiger partial charge in [0.15, 0.2) is 6.10 Å². The van der Waals surface area contributed by atoms with E-state index in [0.29, 0.717) is 25.2 Å². The molecule has 10 nitrogen and oxygen atoms in total. The molecule has 2 aromatic rings. The summed E-state index contributed by atoms with van der Waals surface area (Å²) in [4.78, 5) is 12.9. The zero-order chi connectivity index (χ0) is 28.4. The molecule has 4 atom stereocenters. The van der Waals surface area contributed by atoms with Crippen LogP contribution in [0.1, 0.15) is 32.3 Å². The number of methoxy groups -OCH3 is 1. The van der Waals surface area contributed by atoms with Gasteiger partial charge in [-0.25, -0.2) is 13.2 Å². The molecule has 2 aromatic carbocycles. The molecule has 1 aliphatic heterocycles. The van der Waals surface area contributed by atoms with E-state index in [-0.39, 0.29) is 36.9 Å². The van der Waals surface area contributed by atoms with Crippen LogP contribution in [-0.4, -0.2) is 86.8 Å². The zero-order valence-corrected chi connectivity index (χ0v) is 23.5. The first-order valence-corrected chi connectivity index (χ1v) is 14.6. The van der Waals surface area contributed by atoms with Crippen LogP contribution in [-0.2, 0) is 25.9 Å². The Hall–Kier alpha value is -2.70. The fraction of sp³-hybridized carbons (Fsp3) is 0.536. The second-order valence-electron chi connectivity index (χ2n) is 10.1. The summed E-state index contributed by atoms with van der Waals surface area (Å²) in [5, 5.41) is 24.3. The Morgan fingerprint density at radius 3 is 2.46 bits per heavy atom. The number of nitrogens with one attached hydrogen (secondary N) is 1. The molecule has 11 heteroatoms. The van der Waals surface area contributed by atoms with Gasteiger partial charge in [0.25, 0.3) is 0 Å². The van der Waals surface area contributed by atoms with Crippen LogP contribution in [0.5, 0.6) is 5.75 Å². The van der Waals surface area contributed by atoms with E-state index >= 15 is 0 Å². The molecule has 2 unspecified atom stereocenters. The number of hydrogen-bond donors (Lipinski definition) is 3. The van der Waals surface area contributed by atoms with E-state index in [1.165, 1.54) is 23.5 Å². The highest BCUT2D eigenvalue weighted by Gasteiger charge is 2.33. The smallest absolute Gasteiger partial charge is 0.407 e. The van der Waals surface area contributed by atoms with E-state index in [1.54, 1.807) is 12.1 Å². The number of ether oxygens (including phenoxy) is 3. The molecule has 0 aromatic heterocycles. The molecule has 1 heterocycles. The Bertz CT molecular complexity index is 1130. The SMILES string of the molecule is COc1ccc(S(=O)(=O)N(CC(C)C)C[C@@H](O)[C@H](Cc2ccccc2)NC(=O)OC2COCCCC2O)cc1. The number of benzene rings is 2. The minimum atomic E-state index is -3.96. The largest absolute Gasteiger partial charge is 0.497 e. The van der Waals surface area contributed by atoms with Gasteiger partial charge in [-0.1, -0.05) is 44.2 Å². The molecule has 39 heavy (non-hydrogen) atoms. The quantitative estimate of drug-likeness (QED) is 0.358. The second-order valence-corrected chi connectivity index (χ2v) is 12.1. The van der Waals surface area contributed by atoms with Gasteiger partial charge in [0.1, 0.15) is 5.75 Å². The third-order valence-corrected chi connectivity index (χ3v) is 8.33. The number of aliphatic hydroxyl groups excluding tert-OH is 2. The third kappa shape index (κ3) is 9.18. The lowest BCUT2D eigenvalue weighted by Crippen LogP contribution is -2.52. The number of hydrogen-bond acceptors (Lipinski definition) is 8. The van der Waals surface area contributed by atoms with Gasteiger partial charge in [-0.05, 0) is 55.0 Å². The predicted molar refractivity (Wildman–Crippen MR) is 146 cm³/mol. The molecule has 1 aliphatic rings. The van der Waals surface area contributed by atoms with Crippen molar-refractivity contribution in [1.82, 2.24) is 9.62 Å². The molecule has 0 saturated carbocycles. The summed E-state index contributed by atoms with van der Waals surface area (Å²) in [6, 6.07) is 14.4. The van der Waals surface area contributed by atoms with Gasteiger partial charge in [-0.2, -0.15) is 4.31 Å². The highest BCUT2D eigenvalue weighted by atomic mass is 32.2. The normalized spacial score (nSPS) is 19.8. The molecule has 0 bridgehead atoms. The van der Waals surface area contributed by atoms with Crippen LogP contribution in [0.25, 0.3) is 0 Å².